The second-order valence-electron chi connectivity index (χ2n) is 5.23. The molecule has 0 saturated heterocycles. The predicted molar refractivity (Wildman–Crippen MR) is 74.0 cm³/mol. The first kappa shape index (κ1) is 14.3. The van der Waals surface area contributed by atoms with Gasteiger partial charge in [-0.15, -0.1) is 0 Å². The molecule has 1 fully saturated rings. The molecule has 0 aromatic heterocycles. The summed E-state index contributed by atoms with van der Waals surface area (Å²) in [5.74, 6) is -0.601. The van der Waals surface area contributed by atoms with Gasteiger partial charge in [-0.2, -0.15) is 0 Å². The number of nitrogens with two attached hydrogens (primary N) is 1. The topological polar surface area (TPSA) is 60.2 Å². The largest absolute Gasteiger partial charge is 0.399 e. The first-order valence-corrected chi connectivity index (χ1v) is 8.30. The molecule has 2 rings (SSSR count). The highest BCUT2D eigenvalue weighted by Gasteiger charge is 2.36. The van der Waals surface area contributed by atoms with E-state index in [1.807, 2.05) is 6.92 Å². The Balaban J connectivity index is 2.40. The van der Waals surface area contributed by atoms with Gasteiger partial charge in [0.25, 0.3) is 0 Å². The molecule has 106 valence electrons. The summed E-state index contributed by atoms with van der Waals surface area (Å²) in [4.78, 5) is -0.202. The van der Waals surface area contributed by atoms with Crippen LogP contribution in [0.15, 0.2) is 23.1 Å². The Kier molecular flexibility index (Phi) is 4.13. The highest BCUT2D eigenvalue weighted by atomic mass is 32.2. The fraction of sp³-hybridized carbons (Fsp3) is 0.571. The summed E-state index contributed by atoms with van der Waals surface area (Å²) < 4.78 is 39.1. The lowest BCUT2D eigenvalue weighted by molar-refractivity contribution is 0.347. The zero-order valence-corrected chi connectivity index (χ0v) is 11.9. The molecule has 2 N–H and O–H groups in total. The summed E-state index contributed by atoms with van der Waals surface area (Å²) >= 11 is 0. The third kappa shape index (κ3) is 2.76. The quantitative estimate of drug-likeness (QED) is 0.868. The van der Waals surface area contributed by atoms with Crippen molar-refractivity contribution < 1.29 is 12.8 Å². The number of halogens is 1. The molecule has 0 spiro atoms. The molecule has 0 radical (unpaired) electrons. The van der Waals surface area contributed by atoms with Gasteiger partial charge in [0, 0.05) is 5.69 Å². The Labute approximate surface area is 113 Å². The number of nitrogen functional groups attached to an aromatic ring is 1. The lowest BCUT2D eigenvalue weighted by atomic mass is 9.87. The Hall–Kier alpha value is -1.10. The van der Waals surface area contributed by atoms with Crippen molar-refractivity contribution in [2.24, 2.45) is 5.92 Å². The lowest BCUT2D eigenvalue weighted by Gasteiger charge is -2.30. The van der Waals surface area contributed by atoms with Crippen molar-refractivity contribution in [3.05, 3.63) is 24.0 Å². The Morgan fingerprint density at radius 1 is 1.32 bits per heavy atom. The number of hydrogen-bond acceptors (Lipinski definition) is 3. The summed E-state index contributed by atoms with van der Waals surface area (Å²) in [5, 5.41) is -0.454. The van der Waals surface area contributed by atoms with Gasteiger partial charge in [0.1, 0.15) is 10.7 Å². The van der Waals surface area contributed by atoms with E-state index in [0.717, 1.165) is 31.7 Å². The summed E-state index contributed by atoms with van der Waals surface area (Å²) in [7, 11) is -3.60. The van der Waals surface area contributed by atoms with Crippen molar-refractivity contribution >= 4 is 15.5 Å². The number of anilines is 1. The molecule has 0 heterocycles. The zero-order valence-electron chi connectivity index (χ0n) is 11.1. The van der Waals surface area contributed by atoms with Crippen LogP contribution in [0.4, 0.5) is 10.1 Å². The SMILES string of the molecule is CCC1CCCCC1S(=O)(=O)c1ccc(N)cc1F. The Morgan fingerprint density at radius 2 is 2.00 bits per heavy atom. The highest BCUT2D eigenvalue weighted by molar-refractivity contribution is 7.92. The minimum absolute atomic E-state index is 0.135. The van der Waals surface area contributed by atoms with E-state index in [2.05, 4.69) is 0 Å². The maximum absolute atomic E-state index is 13.9. The zero-order chi connectivity index (χ0) is 14.0. The van der Waals surface area contributed by atoms with Crippen LogP contribution in [0.2, 0.25) is 0 Å². The van der Waals surface area contributed by atoms with Crippen molar-refractivity contribution in [2.45, 2.75) is 49.2 Å². The first-order valence-electron chi connectivity index (χ1n) is 6.75. The van der Waals surface area contributed by atoms with Crippen LogP contribution in [0.5, 0.6) is 0 Å². The third-order valence-corrected chi connectivity index (χ3v) is 6.39. The van der Waals surface area contributed by atoms with E-state index in [-0.39, 0.29) is 16.5 Å². The van der Waals surface area contributed by atoms with Crippen molar-refractivity contribution in [3.63, 3.8) is 0 Å². The highest BCUT2D eigenvalue weighted by Crippen LogP contribution is 2.35. The van der Waals surface area contributed by atoms with Crippen LogP contribution >= 0.6 is 0 Å². The van der Waals surface area contributed by atoms with Crippen molar-refractivity contribution in [2.75, 3.05) is 5.73 Å². The fourth-order valence-corrected chi connectivity index (χ4v) is 5.19. The molecule has 3 nitrogen and oxygen atoms in total. The van der Waals surface area contributed by atoms with E-state index in [4.69, 9.17) is 5.73 Å². The van der Waals surface area contributed by atoms with Gasteiger partial charge in [0.2, 0.25) is 0 Å². The number of benzene rings is 1. The van der Waals surface area contributed by atoms with Gasteiger partial charge in [-0.3, -0.25) is 0 Å². The molecular weight excluding hydrogens is 265 g/mol. The van der Waals surface area contributed by atoms with Crippen LogP contribution in [0.1, 0.15) is 39.0 Å². The molecule has 0 aliphatic heterocycles. The minimum Gasteiger partial charge on any atom is -0.399 e. The molecule has 1 saturated carbocycles. The summed E-state index contributed by atoms with van der Waals surface area (Å²) in [6.45, 7) is 2.00. The van der Waals surface area contributed by atoms with Gasteiger partial charge in [-0.05, 0) is 37.0 Å². The molecule has 2 atom stereocenters. The standard InChI is InChI=1S/C14H20FNO2S/c1-2-10-5-3-4-6-13(10)19(17,18)14-8-7-11(16)9-12(14)15/h7-10,13H,2-6,16H2,1H3. The molecule has 0 amide bonds. The molecule has 1 aliphatic rings. The molecule has 1 aromatic rings. The predicted octanol–water partition coefficient (Wildman–Crippen LogP) is 3.15. The smallest absolute Gasteiger partial charge is 0.184 e. The van der Waals surface area contributed by atoms with E-state index < -0.39 is 20.9 Å². The van der Waals surface area contributed by atoms with E-state index in [9.17, 15) is 12.8 Å². The molecule has 1 aromatic carbocycles. The molecule has 0 bridgehead atoms. The Morgan fingerprint density at radius 3 is 2.63 bits per heavy atom. The molecule has 1 aliphatic carbocycles. The number of hydrogen-bond donors (Lipinski definition) is 1. The molecular formula is C14H20FNO2S. The van der Waals surface area contributed by atoms with Gasteiger partial charge in [-0.25, -0.2) is 12.8 Å². The lowest BCUT2D eigenvalue weighted by Crippen LogP contribution is -2.33. The normalized spacial score (nSPS) is 24.3. The second kappa shape index (κ2) is 5.49. The van der Waals surface area contributed by atoms with Gasteiger partial charge in [0.05, 0.1) is 5.25 Å². The molecule has 19 heavy (non-hydrogen) atoms. The van der Waals surface area contributed by atoms with Crippen LogP contribution in [0.3, 0.4) is 0 Å². The van der Waals surface area contributed by atoms with E-state index in [1.54, 1.807) is 0 Å². The van der Waals surface area contributed by atoms with Gasteiger partial charge < -0.3 is 5.73 Å². The Bertz CT molecular complexity index is 557. The summed E-state index contributed by atoms with van der Waals surface area (Å²) in [5.41, 5.74) is 5.71. The third-order valence-electron chi connectivity index (χ3n) is 4.02. The van der Waals surface area contributed by atoms with Crippen LogP contribution in [-0.4, -0.2) is 13.7 Å². The fourth-order valence-electron chi connectivity index (χ4n) is 2.96. The van der Waals surface area contributed by atoms with Crippen LogP contribution in [0, 0.1) is 11.7 Å². The van der Waals surface area contributed by atoms with Crippen LogP contribution in [-0.2, 0) is 9.84 Å². The van der Waals surface area contributed by atoms with Crippen LogP contribution < -0.4 is 5.73 Å². The minimum atomic E-state index is -3.60. The molecule has 2 unspecified atom stereocenters. The van der Waals surface area contributed by atoms with E-state index >= 15 is 0 Å². The first-order chi connectivity index (χ1) is 8.96. The molecule has 5 heteroatoms. The van der Waals surface area contributed by atoms with E-state index in [1.165, 1.54) is 12.1 Å². The van der Waals surface area contributed by atoms with Crippen molar-refractivity contribution in [1.29, 1.82) is 0 Å². The van der Waals surface area contributed by atoms with Crippen molar-refractivity contribution in [1.82, 2.24) is 0 Å². The summed E-state index contributed by atoms with van der Waals surface area (Å²) in [6.07, 6.45) is 4.33. The van der Waals surface area contributed by atoms with E-state index in [0.29, 0.717) is 6.42 Å². The van der Waals surface area contributed by atoms with Crippen molar-refractivity contribution in [3.8, 4) is 0 Å². The second-order valence-corrected chi connectivity index (χ2v) is 7.36. The maximum atomic E-state index is 13.9. The average Bonchev–Trinajstić information content (AvgIpc) is 2.38. The van der Waals surface area contributed by atoms with Gasteiger partial charge in [0.15, 0.2) is 9.84 Å². The number of rotatable bonds is 3. The van der Waals surface area contributed by atoms with Gasteiger partial charge >= 0.3 is 0 Å². The number of sulfone groups is 1. The monoisotopic (exact) mass is 285 g/mol. The van der Waals surface area contributed by atoms with Crippen LogP contribution in [0.25, 0.3) is 0 Å². The average molecular weight is 285 g/mol. The maximum Gasteiger partial charge on any atom is 0.184 e. The summed E-state index contributed by atoms with van der Waals surface area (Å²) in [6, 6.07) is 3.82. The van der Waals surface area contributed by atoms with Gasteiger partial charge in [-0.1, -0.05) is 26.2 Å².